The van der Waals surface area contributed by atoms with Crippen molar-refractivity contribution in [2.24, 2.45) is 5.41 Å². The Balaban J connectivity index is 4.20. The highest BCUT2D eigenvalue weighted by Crippen LogP contribution is 2.41. The third kappa shape index (κ3) is 11.8. The van der Waals surface area contributed by atoms with Gasteiger partial charge in [0.15, 0.2) is 0 Å². The van der Waals surface area contributed by atoms with Crippen LogP contribution in [0.2, 0.25) is 0 Å². The molecule has 0 fully saturated rings. The van der Waals surface area contributed by atoms with Crippen molar-refractivity contribution in [3.05, 3.63) is 0 Å². The molecule has 0 spiro atoms. The summed E-state index contributed by atoms with van der Waals surface area (Å²) in [6, 6.07) is 0. The first-order valence-electron chi connectivity index (χ1n) is 12.2. The van der Waals surface area contributed by atoms with Crippen LogP contribution in [0.3, 0.4) is 0 Å². The van der Waals surface area contributed by atoms with Crippen LogP contribution in [0.5, 0.6) is 0 Å². The fourth-order valence-corrected chi connectivity index (χ4v) is 4.51. The minimum absolute atomic E-state index is 0.636. The lowest BCUT2D eigenvalue weighted by Crippen LogP contribution is -2.35. The molecule has 0 aliphatic carbocycles. The van der Waals surface area contributed by atoms with Gasteiger partial charge < -0.3 is 14.2 Å². The first-order valence-corrected chi connectivity index (χ1v) is 12.2. The van der Waals surface area contributed by atoms with Gasteiger partial charge in [-0.25, -0.2) is 0 Å². The van der Waals surface area contributed by atoms with Crippen molar-refractivity contribution >= 4 is 0 Å². The Labute approximate surface area is 177 Å². The molecule has 0 saturated carbocycles. The summed E-state index contributed by atoms with van der Waals surface area (Å²) >= 11 is 0. The molecule has 0 amide bonds. The van der Waals surface area contributed by atoms with Crippen LogP contribution in [0.1, 0.15) is 130 Å². The molecule has 170 valence electrons. The van der Waals surface area contributed by atoms with Crippen molar-refractivity contribution < 1.29 is 14.2 Å². The van der Waals surface area contributed by atoms with Crippen molar-refractivity contribution in [2.75, 3.05) is 21.3 Å². The average Bonchev–Trinajstić information content (AvgIpc) is 2.74. The molecule has 3 nitrogen and oxygen atoms in total. The zero-order valence-corrected chi connectivity index (χ0v) is 20.2. The van der Waals surface area contributed by atoms with E-state index in [1.54, 1.807) is 21.3 Å². The van der Waals surface area contributed by atoms with Gasteiger partial charge in [0.05, 0.1) is 0 Å². The largest absolute Gasteiger partial charge is 0.331 e. The lowest BCUT2D eigenvalue weighted by molar-refractivity contribution is -0.355. The Kier molecular flexibility index (Phi) is 17.6. The number of methoxy groups -OCH3 is 3. The minimum atomic E-state index is -0.850. The van der Waals surface area contributed by atoms with Gasteiger partial charge in [-0.15, -0.1) is 0 Å². The third-order valence-electron chi connectivity index (χ3n) is 6.56. The molecule has 0 saturated heterocycles. The van der Waals surface area contributed by atoms with E-state index in [9.17, 15) is 0 Å². The van der Waals surface area contributed by atoms with E-state index in [1.807, 2.05) is 0 Å². The Morgan fingerprint density at radius 1 is 0.429 bits per heavy atom. The van der Waals surface area contributed by atoms with Crippen LogP contribution in [0.15, 0.2) is 0 Å². The van der Waals surface area contributed by atoms with Crippen molar-refractivity contribution in [3.63, 3.8) is 0 Å². The van der Waals surface area contributed by atoms with Crippen molar-refractivity contribution in [1.29, 1.82) is 0 Å². The van der Waals surface area contributed by atoms with Gasteiger partial charge in [-0.1, -0.05) is 91.4 Å². The van der Waals surface area contributed by atoms with Gasteiger partial charge in [0.2, 0.25) is 0 Å². The molecule has 0 aliphatic heterocycles. The number of hydrogen-bond acceptors (Lipinski definition) is 3. The fraction of sp³-hybridized carbons (Fsp3) is 1.00. The molecule has 0 aromatic heterocycles. The van der Waals surface area contributed by atoms with Gasteiger partial charge in [0.1, 0.15) is 0 Å². The second-order valence-electron chi connectivity index (χ2n) is 8.73. The number of rotatable bonds is 21. The van der Waals surface area contributed by atoms with Crippen molar-refractivity contribution in [1.82, 2.24) is 0 Å². The zero-order chi connectivity index (χ0) is 21.1. The fourth-order valence-electron chi connectivity index (χ4n) is 4.51. The molecular formula is C25H52O3. The van der Waals surface area contributed by atoms with Crippen LogP contribution in [0.4, 0.5) is 0 Å². The van der Waals surface area contributed by atoms with Gasteiger partial charge in [-0.3, -0.25) is 0 Å². The van der Waals surface area contributed by atoms with E-state index < -0.39 is 5.97 Å². The van der Waals surface area contributed by atoms with Crippen LogP contribution in [0, 0.1) is 5.41 Å². The van der Waals surface area contributed by atoms with Crippen LogP contribution in [0.25, 0.3) is 0 Å². The van der Waals surface area contributed by atoms with Gasteiger partial charge >= 0.3 is 0 Å². The lowest BCUT2D eigenvalue weighted by atomic mass is 9.71. The Morgan fingerprint density at radius 3 is 1.11 bits per heavy atom. The number of hydrogen-bond donors (Lipinski definition) is 0. The van der Waals surface area contributed by atoms with E-state index in [0.29, 0.717) is 5.41 Å². The molecule has 28 heavy (non-hydrogen) atoms. The molecule has 0 aliphatic rings. The van der Waals surface area contributed by atoms with Crippen molar-refractivity contribution in [3.8, 4) is 0 Å². The summed E-state index contributed by atoms with van der Waals surface area (Å²) < 4.78 is 16.1. The lowest BCUT2D eigenvalue weighted by Gasteiger charge is -2.35. The van der Waals surface area contributed by atoms with Gasteiger partial charge in [-0.2, -0.15) is 0 Å². The SMILES string of the molecule is CCCCC(CCCC)(CCCC)CCCCCCCCC(OC)(OC)OC. The Bertz CT molecular complexity index is 296. The summed E-state index contributed by atoms with van der Waals surface area (Å²) in [5.41, 5.74) is 0.636. The van der Waals surface area contributed by atoms with Gasteiger partial charge in [0, 0.05) is 27.8 Å². The minimum Gasteiger partial charge on any atom is -0.331 e. The van der Waals surface area contributed by atoms with Crippen LogP contribution in [-0.4, -0.2) is 27.3 Å². The molecule has 3 heteroatoms. The molecule has 0 aromatic rings. The summed E-state index contributed by atoms with van der Waals surface area (Å²) in [5, 5.41) is 0. The van der Waals surface area contributed by atoms with E-state index in [2.05, 4.69) is 20.8 Å². The summed E-state index contributed by atoms with van der Waals surface area (Å²) in [6.07, 6.45) is 22.6. The summed E-state index contributed by atoms with van der Waals surface area (Å²) in [4.78, 5) is 0. The molecule has 0 aromatic carbocycles. The van der Waals surface area contributed by atoms with Gasteiger partial charge in [-0.05, 0) is 37.5 Å². The molecule has 0 heterocycles. The molecule has 0 N–H and O–H groups in total. The zero-order valence-electron chi connectivity index (χ0n) is 20.2. The Hall–Kier alpha value is -0.120. The van der Waals surface area contributed by atoms with E-state index in [0.717, 1.165) is 12.8 Å². The van der Waals surface area contributed by atoms with E-state index in [-0.39, 0.29) is 0 Å². The van der Waals surface area contributed by atoms with Crippen LogP contribution < -0.4 is 0 Å². The maximum Gasteiger partial charge on any atom is 0.282 e. The van der Waals surface area contributed by atoms with Gasteiger partial charge in [0.25, 0.3) is 5.97 Å². The highest BCUT2D eigenvalue weighted by atomic mass is 16.9. The first kappa shape index (κ1) is 27.9. The third-order valence-corrected chi connectivity index (χ3v) is 6.56. The topological polar surface area (TPSA) is 27.7 Å². The normalized spacial score (nSPS) is 12.6. The highest BCUT2D eigenvalue weighted by molar-refractivity contribution is 4.79. The quantitative estimate of drug-likeness (QED) is 0.143. The summed E-state index contributed by atoms with van der Waals surface area (Å²) in [5.74, 6) is -0.850. The second kappa shape index (κ2) is 17.7. The molecule has 0 atom stereocenters. The van der Waals surface area contributed by atoms with E-state index >= 15 is 0 Å². The monoisotopic (exact) mass is 400 g/mol. The standard InChI is InChI=1S/C25H52O3/c1-7-10-19-24(20-11-8-2,21-12-9-3)22-17-15-13-14-16-18-23-25(26-4,27-5)28-6/h7-23H2,1-6H3. The average molecular weight is 401 g/mol. The highest BCUT2D eigenvalue weighted by Gasteiger charge is 2.29. The number of ether oxygens (including phenoxy) is 3. The summed E-state index contributed by atoms with van der Waals surface area (Å²) in [7, 11) is 4.94. The summed E-state index contributed by atoms with van der Waals surface area (Å²) in [6.45, 7) is 7.03. The smallest absolute Gasteiger partial charge is 0.282 e. The molecule has 0 radical (unpaired) electrons. The predicted molar refractivity (Wildman–Crippen MR) is 122 cm³/mol. The van der Waals surface area contributed by atoms with Crippen LogP contribution in [-0.2, 0) is 14.2 Å². The molecule has 0 unspecified atom stereocenters. The predicted octanol–water partition coefficient (Wildman–Crippen LogP) is 8.26. The Morgan fingerprint density at radius 2 is 0.750 bits per heavy atom. The van der Waals surface area contributed by atoms with E-state index in [4.69, 9.17) is 14.2 Å². The molecular weight excluding hydrogens is 348 g/mol. The van der Waals surface area contributed by atoms with E-state index in [1.165, 1.54) is 96.3 Å². The second-order valence-corrected chi connectivity index (χ2v) is 8.73. The molecule has 0 bridgehead atoms. The first-order chi connectivity index (χ1) is 13.6. The maximum absolute atomic E-state index is 5.37. The maximum atomic E-state index is 5.37. The number of unbranched alkanes of at least 4 members (excludes halogenated alkanes) is 8. The molecule has 0 rings (SSSR count). The van der Waals surface area contributed by atoms with Crippen LogP contribution >= 0.6 is 0 Å². The van der Waals surface area contributed by atoms with Crippen molar-refractivity contribution in [2.45, 2.75) is 136 Å².